The lowest BCUT2D eigenvalue weighted by molar-refractivity contribution is -0.145. The lowest BCUT2D eigenvalue weighted by Crippen LogP contribution is -2.24. The maximum absolute atomic E-state index is 14.5. The largest absolute Gasteiger partial charge is 0.473 e. The van der Waals surface area contributed by atoms with Gasteiger partial charge >= 0.3 is 11.9 Å². The molecule has 8 nitrogen and oxygen atoms in total. The summed E-state index contributed by atoms with van der Waals surface area (Å²) in [6, 6.07) is 3.78. The Morgan fingerprint density at radius 1 is 1.09 bits per heavy atom. The number of hydrogen-bond donors (Lipinski definition) is 0. The molecule has 0 spiro atoms. The maximum atomic E-state index is 14.5. The zero-order valence-corrected chi connectivity index (χ0v) is 17.4. The van der Waals surface area contributed by atoms with Crippen LogP contribution in [0.5, 0.6) is 17.4 Å². The minimum absolute atomic E-state index is 0.0341. The lowest BCUT2D eigenvalue weighted by Gasteiger charge is -2.17. The molecular formula is C21H16F5N5O3. The molecule has 2 aliphatic heterocycles. The highest BCUT2D eigenvalue weighted by molar-refractivity contribution is 5.48. The van der Waals surface area contributed by atoms with Gasteiger partial charge in [-0.3, -0.25) is 4.57 Å². The van der Waals surface area contributed by atoms with Crippen LogP contribution in [0, 0.1) is 11.6 Å². The van der Waals surface area contributed by atoms with Gasteiger partial charge in [-0.1, -0.05) is 0 Å². The predicted molar refractivity (Wildman–Crippen MR) is 107 cm³/mol. The number of ether oxygens (including phenoxy) is 2. The highest BCUT2D eigenvalue weighted by Gasteiger charge is 2.35. The third kappa shape index (κ3) is 4.13. The number of fused-ring (bicyclic) bond motifs is 3. The molecule has 2 aromatic heterocycles. The van der Waals surface area contributed by atoms with Crippen LogP contribution < -0.4 is 20.1 Å². The van der Waals surface area contributed by atoms with E-state index < -0.39 is 35.1 Å². The Morgan fingerprint density at radius 3 is 2.47 bits per heavy atom. The average molecular weight is 481 g/mol. The summed E-state index contributed by atoms with van der Waals surface area (Å²) in [4.78, 5) is 24.5. The highest BCUT2D eigenvalue weighted by atomic mass is 19.4. The van der Waals surface area contributed by atoms with E-state index >= 15 is 0 Å². The monoisotopic (exact) mass is 481 g/mol. The Labute approximate surface area is 188 Å². The van der Waals surface area contributed by atoms with Crippen molar-refractivity contribution in [3.8, 4) is 17.4 Å². The second-order valence-electron chi connectivity index (χ2n) is 7.85. The van der Waals surface area contributed by atoms with Gasteiger partial charge in [0.25, 0.3) is 0 Å². The van der Waals surface area contributed by atoms with Gasteiger partial charge in [0.1, 0.15) is 12.4 Å². The van der Waals surface area contributed by atoms with Gasteiger partial charge in [-0.15, -0.1) is 0 Å². The summed E-state index contributed by atoms with van der Waals surface area (Å²) < 4.78 is 78.6. The third-order valence-corrected chi connectivity index (χ3v) is 5.58. The van der Waals surface area contributed by atoms with Gasteiger partial charge in [-0.25, -0.2) is 23.5 Å². The molecule has 178 valence electrons. The average Bonchev–Trinajstić information content (AvgIpc) is 3.37. The van der Waals surface area contributed by atoms with E-state index in [1.54, 1.807) is 10.6 Å². The number of anilines is 1. The van der Waals surface area contributed by atoms with Crippen molar-refractivity contribution in [3.63, 3.8) is 0 Å². The first kappa shape index (κ1) is 22.0. The van der Waals surface area contributed by atoms with E-state index in [1.807, 2.05) is 0 Å². The molecule has 3 aromatic rings. The van der Waals surface area contributed by atoms with Crippen molar-refractivity contribution in [2.45, 2.75) is 38.2 Å². The van der Waals surface area contributed by atoms with Crippen LogP contribution >= 0.6 is 0 Å². The second kappa shape index (κ2) is 8.22. The van der Waals surface area contributed by atoms with E-state index in [0.29, 0.717) is 24.8 Å². The fraction of sp³-hybridized carbons (Fsp3) is 0.333. The van der Waals surface area contributed by atoms with Gasteiger partial charge in [0.15, 0.2) is 23.1 Å². The van der Waals surface area contributed by atoms with Crippen LogP contribution in [0.1, 0.15) is 24.2 Å². The van der Waals surface area contributed by atoms with Gasteiger partial charge in [-0.05, 0) is 30.5 Å². The van der Waals surface area contributed by atoms with Crippen molar-refractivity contribution in [1.29, 1.82) is 0 Å². The van der Waals surface area contributed by atoms with Gasteiger partial charge in [0.2, 0.25) is 11.7 Å². The van der Waals surface area contributed by atoms with Crippen molar-refractivity contribution in [2.24, 2.45) is 0 Å². The molecule has 1 unspecified atom stereocenters. The van der Waals surface area contributed by atoms with Gasteiger partial charge in [0.05, 0.1) is 12.4 Å². The van der Waals surface area contributed by atoms with Gasteiger partial charge < -0.3 is 14.4 Å². The van der Waals surface area contributed by atoms with Crippen LogP contribution in [-0.4, -0.2) is 32.1 Å². The maximum Gasteiger partial charge on any atom is 0.451 e. The number of alkyl halides is 3. The number of hydrogen-bond acceptors (Lipinski definition) is 7. The van der Waals surface area contributed by atoms with E-state index in [2.05, 4.69) is 19.9 Å². The predicted octanol–water partition coefficient (Wildman–Crippen LogP) is 3.68. The smallest absolute Gasteiger partial charge is 0.451 e. The van der Waals surface area contributed by atoms with E-state index in [4.69, 9.17) is 9.47 Å². The van der Waals surface area contributed by atoms with Crippen LogP contribution in [0.4, 0.5) is 27.8 Å². The van der Waals surface area contributed by atoms with Crippen molar-refractivity contribution < 1.29 is 31.4 Å². The zero-order valence-electron chi connectivity index (χ0n) is 17.4. The molecule has 0 bridgehead atoms. The molecule has 1 aromatic carbocycles. The quantitative estimate of drug-likeness (QED) is 0.514. The molecule has 4 heterocycles. The number of aromatic nitrogens is 4. The summed E-state index contributed by atoms with van der Waals surface area (Å²) >= 11 is 0. The van der Waals surface area contributed by atoms with Gasteiger partial charge in [-0.2, -0.15) is 18.2 Å². The van der Waals surface area contributed by atoms with E-state index in [0.717, 1.165) is 31.5 Å². The Hall–Kier alpha value is -3.77. The Kier molecular flexibility index (Phi) is 5.33. The molecule has 0 saturated carbocycles. The first-order chi connectivity index (χ1) is 16.2. The minimum Gasteiger partial charge on any atom is -0.473 e. The summed E-state index contributed by atoms with van der Waals surface area (Å²) in [5.74, 6) is -4.10. The first-order valence-electron chi connectivity index (χ1n) is 10.3. The van der Waals surface area contributed by atoms with Crippen LogP contribution in [0.25, 0.3) is 0 Å². The minimum atomic E-state index is -4.76. The highest BCUT2D eigenvalue weighted by Crippen LogP contribution is 2.34. The number of nitrogens with zero attached hydrogens (tertiary/aromatic N) is 5. The lowest BCUT2D eigenvalue weighted by atomic mass is 10.2. The van der Waals surface area contributed by atoms with E-state index in [9.17, 15) is 26.7 Å². The molecule has 34 heavy (non-hydrogen) atoms. The van der Waals surface area contributed by atoms with Crippen LogP contribution in [0.3, 0.4) is 0 Å². The zero-order chi connectivity index (χ0) is 24.0. The summed E-state index contributed by atoms with van der Waals surface area (Å²) in [7, 11) is 0. The summed E-state index contributed by atoms with van der Waals surface area (Å²) in [5, 5.41) is 0. The standard InChI is InChI=1S/C21H16F5N5O3/c22-14-4-11(5-15(23)18(14)34-13-7-27-19(28-8-13)21(24,25)26)10-33-16-6-17-30-3-1-2-12(30)9-31(17)20(32)29-16/h4-8,12H,1-3,9-10H2. The number of halogens is 5. The Balaban J connectivity index is 1.30. The van der Waals surface area contributed by atoms with E-state index in [-0.39, 0.29) is 29.8 Å². The van der Waals surface area contributed by atoms with E-state index in [1.165, 1.54) is 0 Å². The molecule has 13 heteroatoms. The fourth-order valence-corrected chi connectivity index (χ4v) is 4.08. The molecule has 0 radical (unpaired) electrons. The normalized spacial score (nSPS) is 17.0. The summed E-state index contributed by atoms with van der Waals surface area (Å²) in [6.45, 7) is 1.12. The topological polar surface area (TPSA) is 82.4 Å². The molecular weight excluding hydrogens is 465 g/mol. The van der Waals surface area contributed by atoms with Crippen molar-refractivity contribution in [3.05, 3.63) is 64.1 Å². The molecule has 5 rings (SSSR count). The molecule has 2 aliphatic rings. The van der Waals surface area contributed by atoms with Crippen molar-refractivity contribution in [2.75, 3.05) is 11.4 Å². The van der Waals surface area contributed by atoms with Crippen LogP contribution in [0.15, 0.2) is 35.4 Å². The SMILES string of the molecule is O=c1nc(OCc2cc(F)c(Oc3cnc(C(F)(F)F)nc3)c(F)c2)cc2n1CC1CCCN21. The molecule has 0 N–H and O–H groups in total. The van der Waals surface area contributed by atoms with Crippen molar-refractivity contribution >= 4 is 5.82 Å². The molecule has 1 fully saturated rings. The van der Waals surface area contributed by atoms with Crippen LogP contribution in [-0.2, 0) is 19.3 Å². The number of benzene rings is 1. The first-order valence-corrected chi connectivity index (χ1v) is 10.3. The second-order valence-corrected chi connectivity index (χ2v) is 7.85. The fourth-order valence-electron chi connectivity index (χ4n) is 4.08. The number of rotatable bonds is 5. The third-order valence-electron chi connectivity index (χ3n) is 5.58. The molecule has 1 atom stereocenters. The molecule has 1 saturated heterocycles. The van der Waals surface area contributed by atoms with Crippen molar-refractivity contribution in [1.82, 2.24) is 19.5 Å². The summed E-state index contributed by atoms with van der Waals surface area (Å²) in [6.07, 6.45) is -1.42. The van der Waals surface area contributed by atoms with Gasteiger partial charge in [0, 0.05) is 25.2 Å². The summed E-state index contributed by atoms with van der Waals surface area (Å²) in [5.41, 5.74) is -0.366. The Morgan fingerprint density at radius 2 is 1.79 bits per heavy atom. The Bertz CT molecular complexity index is 1270. The molecule has 0 aliphatic carbocycles. The molecule has 0 amide bonds. The van der Waals surface area contributed by atoms with Crippen LogP contribution in [0.2, 0.25) is 0 Å².